The standard InChI is InChI=1S/C66H80N6O20S2/c1-39(73)69-55-49(75)35-65(63(85)86,91-59(55)57(81)51(77)37-67-61(83)45-23-19-43(20-24-45)41-13-5-3-6-14-41)89-29-11-31-93-33-27-53(79)71-47-17-9-10-18-48(47)72-54(80)28-34-94-32-12-30-90-66(64(87)88)36-50(76)56(70-40(2)74)60(92-66)58(82)52(78)38-68-62(84)46-25-21-44(22-26-46)42-15-7-4-8-16-42/h3-10,13-26,49-52,55-60,75-78,81-82H,11-12,27-38H2,1-2H3,(H,67,83)(H,68,84)(H,69,73)(H,70,74)(H,71,79)(H,72,80)(H,85,86)(H,87,88)/t49-,50-,51+,52?,55+,56+,57+,58+,59?,60?,65+,66+/m0/s1. The maximum Gasteiger partial charge on any atom is 0.364 e. The molecule has 0 bridgehead atoms. The lowest BCUT2D eigenvalue weighted by atomic mass is 9.88. The molecule has 3 unspecified atom stereocenters. The minimum absolute atomic E-state index is 0.0488. The van der Waals surface area contributed by atoms with Gasteiger partial charge in [-0.3, -0.25) is 28.8 Å². The van der Waals surface area contributed by atoms with Gasteiger partial charge in [-0.1, -0.05) is 97.1 Å². The number of carboxylic acids is 2. The van der Waals surface area contributed by atoms with Gasteiger partial charge in [0.15, 0.2) is 0 Å². The lowest BCUT2D eigenvalue weighted by Crippen LogP contribution is -2.68. The first-order valence-corrected chi connectivity index (χ1v) is 32.7. The number of anilines is 2. The molecule has 2 saturated heterocycles. The Morgan fingerprint density at radius 3 is 1.18 bits per heavy atom. The van der Waals surface area contributed by atoms with E-state index in [9.17, 15) is 79.2 Å². The first kappa shape index (κ1) is 73.6. The van der Waals surface area contributed by atoms with Crippen LogP contribution in [-0.2, 0) is 47.7 Å². The third-order valence-electron chi connectivity index (χ3n) is 15.4. The molecule has 2 heterocycles. The molecular formula is C66H80N6O20S2. The van der Waals surface area contributed by atoms with Crippen LogP contribution in [0.3, 0.4) is 0 Å². The van der Waals surface area contributed by atoms with Crippen molar-refractivity contribution in [2.45, 2.75) is 125 Å². The molecule has 94 heavy (non-hydrogen) atoms. The van der Waals surface area contributed by atoms with Crippen LogP contribution < -0.4 is 31.9 Å². The van der Waals surface area contributed by atoms with Crippen molar-refractivity contribution in [1.29, 1.82) is 0 Å². The van der Waals surface area contributed by atoms with Gasteiger partial charge in [-0.2, -0.15) is 23.5 Å². The van der Waals surface area contributed by atoms with E-state index in [0.29, 0.717) is 34.4 Å². The van der Waals surface area contributed by atoms with E-state index in [1.807, 2.05) is 60.7 Å². The molecule has 2 aliphatic heterocycles. The summed E-state index contributed by atoms with van der Waals surface area (Å²) in [5.41, 5.74) is 4.82. The number of aliphatic carboxylic acids is 2. The summed E-state index contributed by atoms with van der Waals surface area (Å²) in [5.74, 6) is -10.1. The smallest absolute Gasteiger partial charge is 0.364 e. The maximum absolute atomic E-state index is 13.1. The molecule has 0 radical (unpaired) electrons. The van der Waals surface area contributed by atoms with E-state index in [2.05, 4.69) is 31.9 Å². The number of aliphatic hydroxyl groups is 6. The van der Waals surface area contributed by atoms with E-state index < -0.39 is 134 Å². The number of carbonyl (C=O) groups excluding carboxylic acids is 6. The first-order chi connectivity index (χ1) is 45.0. The number of benzene rings is 5. The molecule has 5 aromatic carbocycles. The van der Waals surface area contributed by atoms with E-state index in [1.54, 1.807) is 72.8 Å². The van der Waals surface area contributed by atoms with E-state index in [1.165, 1.54) is 23.5 Å². The van der Waals surface area contributed by atoms with Gasteiger partial charge in [0.1, 0.15) is 24.4 Å². The Hall–Kier alpha value is -7.84. The zero-order valence-corrected chi connectivity index (χ0v) is 53.3. The number of rotatable bonds is 34. The third-order valence-corrected chi connectivity index (χ3v) is 17.5. The molecule has 14 N–H and O–H groups in total. The van der Waals surface area contributed by atoms with E-state index >= 15 is 0 Å². The van der Waals surface area contributed by atoms with Gasteiger partial charge in [0.25, 0.3) is 23.4 Å². The number of aliphatic hydroxyl groups excluding tert-OH is 6. The normalized spacial score (nSPS) is 22.3. The highest BCUT2D eigenvalue weighted by molar-refractivity contribution is 7.99. The number of hydrogen-bond acceptors (Lipinski definition) is 20. The lowest BCUT2D eigenvalue weighted by molar-refractivity contribution is -0.310. The van der Waals surface area contributed by atoms with Crippen LogP contribution in [0, 0.1) is 0 Å². The fraction of sp³-hybridized carbons (Fsp3) is 0.424. The van der Waals surface area contributed by atoms with Gasteiger partial charge in [-0.25, -0.2) is 9.59 Å². The van der Waals surface area contributed by atoms with Crippen LogP contribution in [0.15, 0.2) is 133 Å². The fourth-order valence-electron chi connectivity index (χ4n) is 10.5. The van der Waals surface area contributed by atoms with Gasteiger partial charge >= 0.3 is 11.9 Å². The Balaban J connectivity index is 0.800. The van der Waals surface area contributed by atoms with Crippen molar-refractivity contribution < 1.29 is 98.2 Å². The second-order valence-corrected chi connectivity index (χ2v) is 24.9. The summed E-state index contributed by atoms with van der Waals surface area (Å²) < 4.78 is 23.2. The zero-order chi connectivity index (χ0) is 68.0. The molecule has 506 valence electrons. The van der Waals surface area contributed by atoms with E-state index in [4.69, 9.17) is 18.9 Å². The average Bonchev–Trinajstić information content (AvgIpc) is 0.783. The zero-order valence-electron chi connectivity index (χ0n) is 51.7. The highest BCUT2D eigenvalue weighted by atomic mass is 32.2. The molecule has 0 spiro atoms. The van der Waals surface area contributed by atoms with Crippen molar-refractivity contribution in [2.75, 3.05) is 59.9 Å². The molecule has 2 aliphatic rings. The Labute approximate surface area is 550 Å². The minimum atomic E-state index is -2.52. The minimum Gasteiger partial charge on any atom is -0.477 e. The van der Waals surface area contributed by atoms with Crippen LogP contribution in [0.5, 0.6) is 0 Å². The summed E-state index contributed by atoms with van der Waals surface area (Å²) in [4.78, 5) is 102. The molecule has 28 heteroatoms. The Bertz CT molecular complexity index is 3120. The number of thioether (sulfide) groups is 2. The second kappa shape index (κ2) is 35.6. The molecule has 5 aromatic rings. The monoisotopic (exact) mass is 1340 g/mol. The second-order valence-electron chi connectivity index (χ2n) is 22.5. The first-order valence-electron chi connectivity index (χ1n) is 30.4. The summed E-state index contributed by atoms with van der Waals surface area (Å²) in [6.07, 6.45) is -14.8. The van der Waals surface area contributed by atoms with Gasteiger partial charge in [-0.15, -0.1) is 0 Å². The van der Waals surface area contributed by atoms with Crippen LogP contribution in [0.1, 0.15) is 73.1 Å². The molecule has 26 nitrogen and oxygen atoms in total. The number of ether oxygens (including phenoxy) is 4. The fourth-order valence-corrected chi connectivity index (χ4v) is 12.2. The van der Waals surface area contributed by atoms with Gasteiger partial charge < -0.3 is 91.7 Å². The highest BCUT2D eigenvalue weighted by Crippen LogP contribution is 2.36. The number of nitrogens with one attached hydrogen (secondary N) is 6. The SMILES string of the molecule is CC(=O)N[C@H]1C([C@H](O)C(O)CNC(=O)c2ccc(-c3ccccc3)cc2)O[C@@](OCCCSCCC(=O)Nc2ccccc2NC(=O)CCSCCCO[C@]2(C(=O)O)C[C@H](O)[C@@H](NC(C)=O)C([C@H](O)[C@H](O)CNC(=O)c3ccc(-c4ccccc4)cc3)O2)(C(=O)O)C[C@@H]1O. The van der Waals surface area contributed by atoms with Crippen LogP contribution in [0.25, 0.3) is 22.3 Å². The van der Waals surface area contributed by atoms with Crippen LogP contribution in [0.2, 0.25) is 0 Å². The molecule has 2 fully saturated rings. The van der Waals surface area contributed by atoms with Crippen molar-refractivity contribution in [2.24, 2.45) is 0 Å². The predicted octanol–water partition coefficient (Wildman–Crippen LogP) is 3.13. The number of amides is 6. The van der Waals surface area contributed by atoms with E-state index in [0.717, 1.165) is 36.1 Å². The van der Waals surface area contributed by atoms with Gasteiger partial charge in [0.2, 0.25) is 23.6 Å². The topological polar surface area (TPSA) is 408 Å². The predicted molar refractivity (Wildman–Crippen MR) is 348 cm³/mol. The summed E-state index contributed by atoms with van der Waals surface area (Å²) >= 11 is 2.71. The lowest BCUT2D eigenvalue weighted by Gasteiger charge is -2.46. The van der Waals surface area contributed by atoms with Crippen molar-refractivity contribution in [3.05, 3.63) is 145 Å². The Morgan fingerprint density at radius 1 is 0.500 bits per heavy atom. The molecule has 7 rings (SSSR count). The van der Waals surface area contributed by atoms with Gasteiger partial charge in [-0.05, 0) is 83.0 Å². The highest BCUT2D eigenvalue weighted by Gasteiger charge is 2.57. The number of carboxylic acid groups (broad SMARTS) is 2. The summed E-state index contributed by atoms with van der Waals surface area (Å²) in [6.45, 7) is 0.816. The van der Waals surface area contributed by atoms with Crippen LogP contribution in [-0.4, -0.2) is 210 Å². The number of para-hydroxylation sites is 2. The van der Waals surface area contributed by atoms with Gasteiger partial charge in [0.05, 0.1) is 61.1 Å². The molecule has 0 saturated carbocycles. The number of hydrogen-bond donors (Lipinski definition) is 14. The summed E-state index contributed by atoms with van der Waals surface area (Å²) in [6, 6.07) is 36.1. The van der Waals surface area contributed by atoms with Crippen LogP contribution in [0.4, 0.5) is 11.4 Å². The van der Waals surface area contributed by atoms with Gasteiger partial charge in [0, 0.05) is 75.3 Å². The summed E-state index contributed by atoms with van der Waals surface area (Å²) in [5, 5.41) is 103. The number of carbonyl (C=O) groups is 8. The van der Waals surface area contributed by atoms with Crippen LogP contribution >= 0.6 is 23.5 Å². The quantitative estimate of drug-likeness (QED) is 0.0263. The Kier molecular flexibility index (Phi) is 27.9. The third kappa shape index (κ3) is 20.8. The van der Waals surface area contributed by atoms with Crippen molar-refractivity contribution >= 4 is 82.3 Å². The maximum atomic E-state index is 13.1. The van der Waals surface area contributed by atoms with Crippen molar-refractivity contribution in [1.82, 2.24) is 21.3 Å². The Morgan fingerprint density at radius 2 is 0.840 bits per heavy atom. The van der Waals surface area contributed by atoms with Crippen molar-refractivity contribution in [3.63, 3.8) is 0 Å². The molecular weight excluding hydrogens is 1260 g/mol. The molecule has 12 atom stereocenters. The molecule has 0 aliphatic carbocycles. The largest absolute Gasteiger partial charge is 0.477 e. The molecule has 6 amide bonds. The molecule has 0 aromatic heterocycles. The summed E-state index contributed by atoms with van der Waals surface area (Å²) in [7, 11) is 0. The van der Waals surface area contributed by atoms with Crippen molar-refractivity contribution in [3.8, 4) is 22.3 Å². The average molecular weight is 1340 g/mol. The van der Waals surface area contributed by atoms with E-state index in [-0.39, 0.29) is 61.8 Å².